The fourth-order valence-electron chi connectivity index (χ4n) is 4.23. The normalized spacial score (nSPS) is 16.4. The van der Waals surface area contributed by atoms with Crippen LogP contribution < -0.4 is 0 Å². The van der Waals surface area contributed by atoms with Crippen LogP contribution in [0.3, 0.4) is 0 Å². The van der Waals surface area contributed by atoms with E-state index in [2.05, 4.69) is 23.7 Å². The number of hydrogen-bond donors (Lipinski definition) is 0. The summed E-state index contributed by atoms with van der Waals surface area (Å²) in [4.78, 5) is 21.3. The van der Waals surface area contributed by atoms with Gasteiger partial charge in [-0.15, -0.1) is 0 Å². The van der Waals surface area contributed by atoms with E-state index in [1.807, 2.05) is 36.1 Å². The van der Waals surface area contributed by atoms with Crippen LogP contribution in [0.2, 0.25) is 0 Å². The molecule has 31 heavy (non-hydrogen) atoms. The van der Waals surface area contributed by atoms with Crippen molar-refractivity contribution in [2.75, 3.05) is 26.2 Å². The number of carbonyl (C=O) groups is 1. The Bertz CT molecular complexity index is 1050. The minimum absolute atomic E-state index is 0.0161. The minimum atomic E-state index is -2.65. The van der Waals surface area contributed by atoms with E-state index in [4.69, 9.17) is 0 Å². The average molecular weight is 427 g/mol. The predicted octanol–water partition coefficient (Wildman–Crippen LogP) is 5.07. The number of rotatable bonds is 5. The summed E-state index contributed by atoms with van der Waals surface area (Å²) in [6.07, 6.45) is 0. The van der Waals surface area contributed by atoms with Gasteiger partial charge in [-0.05, 0) is 42.7 Å². The van der Waals surface area contributed by atoms with Crippen molar-refractivity contribution < 1.29 is 13.6 Å². The minimum Gasteiger partial charge on any atom is -0.336 e. The molecule has 1 fully saturated rings. The first-order valence-corrected chi connectivity index (χ1v) is 10.7. The molecule has 1 saturated heterocycles. The number of para-hydroxylation sites is 2. The molecule has 1 amide bonds. The number of amides is 1. The van der Waals surface area contributed by atoms with E-state index in [0.29, 0.717) is 54.5 Å². The Balaban J connectivity index is 1.46. The molecular weight excluding hydrogens is 398 g/mol. The summed E-state index contributed by atoms with van der Waals surface area (Å²) in [7, 11) is 0. The van der Waals surface area contributed by atoms with Crippen molar-refractivity contribution in [3.8, 4) is 0 Å². The van der Waals surface area contributed by atoms with Crippen molar-refractivity contribution >= 4 is 16.9 Å². The Hall–Kier alpha value is -2.80. The molecule has 2 heterocycles. The third kappa shape index (κ3) is 4.19. The standard InChI is InChI=1S/C24H28F2N4O/c1-16(2)18-8-10-19(11-9-18)23(31)29-14-12-28(13-15-29)17(3)22-27-20-6-4-5-7-21(20)30(22)24(25)26/h4-11,16-17,24H,12-15H2,1-3H3. The molecule has 1 unspecified atom stereocenters. The molecule has 0 bridgehead atoms. The summed E-state index contributed by atoms with van der Waals surface area (Å²) in [6.45, 7) is 5.85. The largest absolute Gasteiger partial charge is 0.336 e. The molecule has 0 aliphatic carbocycles. The monoisotopic (exact) mass is 426 g/mol. The first-order chi connectivity index (χ1) is 14.9. The molecule has 1 aromatic heterocycles. The van der Waals surface area contributed by atoms with E-state index < -0.39 is 6.55 Å². The number of alkyl halides is 2. The van der Waals surface area contributed by atoms with Gasteiger partial charge >= 0.3 is 6.55 Å². The number of hydrogen-bond acceptors (Lipinski definition) is 3. The van der Waals surface area contributed by atoms with Crippen LogP contribution in [0.5, 0.6) is 0 Å². The van der Waals surface area contributed by atoms with Crippen molar-refractivity contribution in [1.82, 2.24) is 19.4 Å². The molecule has 7 heteroatoms. The van der Waals surface area contributed by atoms with Gasteiger partial charge in [0.1, 0.15) is 5.82 Å². The zero-order valence-electron chi connectivity index (χ0n) is 18.1. The molecule has 0 saturated carbocycles. The van der Waals surface area contributed by atoms with E-state index >= 15 is 0 Å². The summed E-state index contributed by atoms with van der Waals surface area (Å²) in [5, 5.41) is 0. The lowest BCUT2D eigenvalue weighted by molar-refractivity contribution is 0.0495. The summed E-state index contributed by atoms with van der Waals surface area (Å²) in [5.74, 6) is 0.800. The van der Waals surface area contributed by atoms with Crippen molar-refractivity contribution in [3.05, 3.63) is 65.5 Å². The van der Waals surface area contributed by atoms with Crippen LogP contribution in [0.1, 0.15) is 61.0 Å². The Morgan fingerprint density at radius 3 is 2.19 bits per heavy atom. The smallest absolute Gasteiger partial charge is 0.320 e. The first-order valence-electron chi connectivity index (χ1n) is 10.7. The Kier molecular flexibility index (Phi) is 6.05. The molecule has 2 aromatic carbocycles. The topological polar surface area (TPSA) is 41.4 Å². The van der Waals surface area contributed by atoms with Gasteiger partial charge in [0.2, 0.25) is 0 Å². The summed E-state index contributed by atoms with van der Waals surface area (Å²) >= 11 is 0. The van der Waals surface area contributed by atoms with E-state index in [0.717, 1.165) is 4.57 Å². The molecule has 4 rings (SSSR count). The lowest BCUT2D eigenvalue weighted by atomic mass is 10.0. The second-order valence-corrected chi connectivity index (χ2v) is 8.39. The molecule has 0 radical (unpaired) electrons. The van der Waals surface area contributed by atoms with Crippen LogP contribution in [-0.4, -0.2) is 51.4 Å². The van der Waals surface area contributed by atoms with Crippen molar-refractivity contribution in [1.29, 1.82) is 0 Å². The van der Waals surface area contributed by atoms with Gasteiger partial charge in [-0.25, -0.2) is 4.98 Å². The molecular formula is C24H28F2N4O. The van der Waals surface area contributed by atoms with Crippen molar-refractivity contribution in [3.63, 3.8) is 0 Å². The second-order valence-electron chi connectivity index (χ2n) is 8.39. The number of nitrogens with zero attached hydrogens (tertiary/aromatic N) is 4. The molecule has 3 aromatic rings. The third-order valence-corrected chi connectivity index (χ3v) is 6.17. The number of imidazole rings is 1. The maximum absolute atomic E-state index is 13.8. The fraction of sp³-hybridized carbons (Fsp3) is 0.417. The lowest BCUT2D eigenvalue weighted by Crippen LogP contribution is -2.49. The highest BCUT2D eigenvalue weighted by Gasteiger charge is 2.29. The summed E-state index contributed by atoms with van der Waals surface area (Å²) in [6, 6.07) is 14.5. The van der Waals surface area contributed by atoms with Crippen molar-refractivity contribution in [2.24, 2.45) is 0 Å². The zero-order chi connectivity index (χ0) is 22.1. The highest BCUT2D eigenvalue weighted by molar-refractivity contribution is 5.94. The van der Waals surface area contributed by atoms with E-state index in [1.165, 1.54) is 5.56 Å². The van der Waals surface area contributed by atoms with E-state index in [-0.39, 0.29) is 11.9 Å². The molecule has 0 N–H and O–H groups in total. The van der Waals surface area contributed by atoms with Crippen LogP contribution >= 0.6 is 0 Å². The number of fused-ring (bicyclic) bond motifs is 1. The number of benzene rings is 2. The van der Waals surface area contributed by atoms with E-state index in [9.17, 15) is 13.6 Å². The van der Waals surface area contributed by atoms with Crippen LogP contribution in [0.25, 0.3) is 11.0 Å². The SMILES string of the molecule is CC(C)c1ccc(C(=O)N2CCN(C(C)c3nc4ccccc4n3C(F)F)CC2)cc1. The Labute approximate surface area is 181 Å². The van der Waals surface area contributed by atoms with Crippen LogP contribution in [-0.2, 0) is 0 Å². The fourth-order valence-corrected chi connectivity index (χ4v) is 4.23. The highest BCUT2D eigenvalue weighted by atomic mass is 19.3. The predicted molar refractivity (Wildman–Crippen MR) is 117 cm³/mol. The number of halogens is 2. The molecule has 0 spiro atoms. The van der Waals surface area contributed by atoms with Gasteiger partial charge in [-0.2, -0.15) is 8.78 Å². The quantitative estimate of drug-likeness (QED) is 0.572. The average Bonchev–Trinajstić information content (AvgIpc) is 3.18. The van der Waals surface area contributed by atoms with Gasteiger partial charge in [0.05, 0.1) is 17.1 Å². The number of aromatic nitrogens is 2. The van der Waals surface area contributed by atoms with Gasteiger partial charge in [0.25, 0.3) is 5.91 Å². The summed E-state index contributed by atoms with van der Waals surface area (Å²) < 4.78 is 28.6. The molecule has 5 nitrogen and oxygen atoms in total. The van der Waals surface area contributed by atoms with Gasteiger partial charge in [0.15, 0.2) is 0 Å². The second kappa shape index (κ2) is 8.75. The lowest BCUT2D eigenvalue weighted by Gasteiger charge is -2.38. The maximum atomic E-state index is 13.8. The molecule has 1 aliphatic rings. The molecule has 164 valence electrons. The van der Waals surface area contributed by atoms with Crippen LogP contribution in [0.15, 0.2) is 48.5 Å². The first kappa shape index (κ1) is 21.4. The van der Waals surface area contributed by atoms with E-state index in [1.54, 1.807) is 24.3 Å². The highest BCUT2D eigenvalue weighted by Crippen LogP contribution is 2.30. The van der Waals surface area contributed by atoms with Gasteiger partial charge < -0.3 is 4.90 Å². The molecule has 1 aliphatic heterocycles. The maximum Gasteiger partial charge on any atom is 0.320 e. The summed E-state index contributed by atoms with van der Waals surface area (Å²) in [5.41, 5.74) is 2.91. The molecule has 1 atom stereocenters. The Morgan fingerprint density at radius 2 is 1.58 bits per heavy atom. The van der Waals surface area contributed by atoms with Gasteiger partial charge in [-0.1, -0.05) is 38.1 Å². The number of carbonyl (C=O) groups excluding carboxylic acids is 1. The van der Waals surface area contributed by atoms with Crippen LogP contribution in [0, 0.1) is 0 Å². The Morgan fingerprint density at radius 1 is 0.935 bits per heavy atom. The number of piperazine rings is 1. The van der Waals surface area contributed by atoms with Crippen LogP contribution in [0.4, 0.5) is 8.78 Å². The van der Waals surface area contributed by atoms with Gasteiger partial charge in [-0.3, -0.25) is 14.3 Å². The van der Waals surface area contributed by atoms with Gasteiger partial charge in [0, 0.05) is 31.7 Å². The zero-order valence-corrected chi connectivity index (χ0v) is 18.1. The third-order valence-electron chi connectivity index (χ3n) is 6.17. The van der Waals surface area contributed by atoms with Crippen molar-refractivity contribution in [2.45, 2.75) is 39.3 Å².